The van der Waals surface area contributed by atoms with E-state index in [1.165, 1.54) is 10.5 Å². The summed E-state index contributed by atoms with van der Waals surface area (Å²) in [5, 5.41) is 0. The second kappa shape index (κ2) is 8.79. The van der Waals surface area contributed by atoms with Crippen molar-refractivity contribution >= 4 is 11.8 Å². The summed E-state index contributed by atoms with van der Waals surface area (Å²) in [6.07, 6.45) is 5.79. The average molecular weight is 308 g/mol. The molecule has 1 saturated heterocycles. The van der Waals surface area contributed by atoms with Gasteiger partial charge in [0.25, 0.3) is 0 Å². The molecule has 3 nitrogen and oxygen atoms in total. The average Bonchev–Trinajstić information content (AvgIpc) is 2.55. The molecule has 1 fully saturated rings. The van der Waals surface area contributed by atoms with Crippen LogP contribution in [0, 0.1) is 0 Å². The fourth-order valence-corrected chi connectivity index (χ4v) is 3.26. The first-order valence-corrected chi connectivity index (χ1v) is 9.16. The van der Waals surface area contributed by atoms with E-state index < -0.39 is 0 Å². The fraction of sp³-hybridized carbons (Fsp3) is 0.647. The molecule has 1 aliphatic rings. The number of hydrogen-bond donors (Lipinski definition) is 1. The van der Waals surface area contributed by atoms with E-state index in [-0.39, 0.29) is 0 Å². The predicted octanol–water partition coefficient (Wildman–Crippen LogP) is 3.30. The van der Waals surface area contributed by atoms with Gasteiger partial charge in [-0.3, -0.25) is 4.90 Å². The van der Waals surface area contributed by atoms with Gasteiger partial charge in [0.05, 0.1) is 6.10 Å². The molecule has 0 amide bonds. The molecule has 0 aromatic heterocycles. The van der Waals surface area contributed by atoms with Crippen LogP contribution in [0.25, 0.3) is 0 Å². The highest BCUT2D eigenvalue weighted by Gasteiger charge is 2.23. The van der Waals surface area contributed by atoms with Gasteiger partial charge < -0.3 is 10.5 Å². The standard InChI is InChI=1S/C17H28N2OS/c1-14(15-4-6-17(21-2)7-5-15)19-11-8-16(9-12-19)20-13-3-10-18/h4-7,14,16H,3,8-13,18H2,1-2H3. The summed E-state index contributed by atoms with van der Waals surface area (Å²) >= 11 is 1.80. The first kappa shape index (κ1) is 16.8. The van der Waals surface area contributed by atoms with Gasteiger partial charge in [-0.2, -0.15) is 0 Å². The zero-order chi connectivity index (χ0) is 15.1. The van der Waals surface area contributed by atoms with Crippen molar-refractivity contribution in [3.8, 4) is 0 Å². The molecule has 21 heavy (non-hydrogen) atoms. The van der Waals surface area contributed by atoms with Crippen LogP contribution in [-0.2, 0) is 4.74 Å². The van der Waals surface area contributed by atoms with Gasteiger partial charge in [-0.25, -0.2) is 0 Å². The first-order chi connectivity index (χ1) is 10.2. The Bertz CT molecular complexity index is 402. The number of benzene rings is 1. The van der Waals surface area contributed by atoms with Gasteiger partial charge in [0.1, 0.15) is 0 Å². The van der Waals surface area contributed by atoms with E-state index >= 15 is 0 Å². The number of nitrogens with zero attached hydrogens (tertiary/aromatic N) is 1. The Morgan fingerprint density at radius 1 is 1.29 bits per heavy atom. The fourth-order valence-electron chi connectivity index (χ4n) is 2.86. The lowest BCUT2D eigenvalue weighted by atomic mass is 10.0. The highest BCUT2D eigenvalue weighted by Crippen LogP contribution is 2.26. The molecule has 1 unspecified atom stereocenters. The molecule has 1 heterocycles. The van der Waals surface area contributed by atoms with Crippen molar-refractivity contribution in [2.45, 2.75) is 43.2 Å². The van der Waals surface area contributed by atoms with Crippen molar-refractivity contribution in [3.63, 3.8) is 0 Å². The Labute approximate surface area is 133 Å². The number of ether oxygens (including phenoxy) is 1. The first-order valence-electron chi connectivity index (χ1n) is 7.94. The van der Waals surface area contributed by atoms with E-state index in [1.807, 2.05) is 0 Å². The van der Waals surface area contributed by atoms with Gasteiger partial charge in [-0.15, -0.1) is 11.8 Å². The maximum Gasteiger partial charge on any atom is 0.0599 e. The summed E-state index contributed by atoms with van der Waals surface area (Å²) in [5.74, 6) is 0. The molecule has 0 aliphatic carbocycles. The van der Waals surface area contributed by atoms with Crippen LogP contribution >= 0.6 is 11.8 Å². The SMILES string of the molecule is CSc1ccc(C(C)N2CCC(OCCCN)CC2)cc1. The molecule has 0 bridgehead atoms. The maximum atomic E-state index is 5.88. The minimum Gasteiger partial charge on any atom is -0.378 e. The topological polar surface area (TPSA) is 38.5 Å². The quantitative estimate of drug-likeness (QED) is 0.619. The summed E-state index contributed by atoms with van der Waals surface area (Å²) < 4.78 is 5.88. The number of piperidine rings is 1. The van der Waals surface area contributed by atoms with E-state index in [1.54, 1.807) is 11.8 Å². The van der Waals surface area contributed by atoms with Gasteiger partial charge in [0, 0.05) is 30.6 Å². The number of rotatable bonds is 7. The molecule has 1 atom stereocenters. The van der Waals surface area contributed by atoms with Crippen LogP contribution in [0.2, 0.25) is 0 Å². The molecule has 0 radical (unpaired) electrons. The molecule has 118 valence electrons. The molecular weight excluding hydrogens is 280 g/mol. The Kier molecular flexibility index (Phi) is 7.04. The monoisotopic (exact) mass is 308 g/mol. The minimum atomic E-state index is 0.430. The third-order valence-electron chi connectivity index (χ3n) is 4.32. The third-order valence-corrected chi connectivity index (χ3v) is 5.07. The number of thioether (sulfide) groups is 1. The van der Waals surface area contributed by atoms with Crippen LogP contribution in [0.1, 0.15) is 37.8 Å². The van der Waals surface area contributed by atoms with Crippen LogP contribution in [0.15, 0.2) is 29.2 Å². The lowest BCUT2D eigenvalue weighted by Gasteiger charge is -2.36. The Morgan fingerprint density at radius 3 is 2.52 bits per heavy atom. The van der Waals surface area contributed by atoms with E-state index in [0.717, 1.165) is 45.5 Å². The van der Waals surface area contributed by atoms with Crippen LogP contribution in [0.4, 0.5) is 0 Å². The largest absolute Gasteiger partial charge is 0.378 e. The van der Waals surface area contributed by atoms with Crippen molar-refractivity contribution in [2.75, 3.05) is 32.5 Å². The van der Waals surface area contributed by atoms with Crippen LogP contribution in [-0.4, -0.2) is 43.5 Å². The third kappa shape index (κ3) is 4.99. The van der Waals surface area contributed by atoms with Crippen molar-refractivity contribution in [1.29, 1.82) is 0 Å². The van der Waals surface area contributed by atoms with Crippen molar-refractivity contribution in [1.82, 2.24) is 4.90 Å². The van der Waals surface area contributed by atoms with Crippen LogP contribution in [0.3, 0.4) is 0 Å². The molecule has 4 heteroatoms. The van der Waals surface area contributed by atoms with E-state index in [0.29, 0.717) is 12.1 Å². The zero-order valence-corrected chi connectivity index (χ0v) is 14.1. The van der Waals surface area contributed by atoms with Crippen LogP contribution in [0.5, 0.6) is 0 Å². The second-order valence-corrected chi connectivity index (χ2v) is 6.58. The smallest absolute Gasteiger partial charge is 0.0599 e. The predicted molar refractivity (Wildman–Crippen MR) is 90.9 cm³/mol. The lowest BCUT2D eigenvalue weighted by Crippen LogP contribution is -2.38. The summed E-state index contributed by atoms with van der Waals surface area (Å²) in [6, 6.07) is 9.46. The summed E-state index contributed by atoms with van der Waals surface area (Å²) in [4.78, 5) is 3.90. The van der Waals surface area contributed by atoms with Crippen molar-refractivity contribution in [2.24, 2.45) is 5.73 Å². The molecule has 1 aromatic rings. The molecule has 2 rings (SSSR count). The van der Waals surface area contributed by atoms with Crippen LogP contribution < -0.4 is 5.73 Å². The maximum absolute atomic E-state index is 5.88. The summed E-state index contributed by atoms with van der Waals surface area (Å²) in [7, 11) is 0. The highest BCUT2D eigenvalue weighted by atomic mass is 32.2. The highest BCUT2D eigenvalue weighted by molar-refractivity contribution is 7.98. The number of nitrogens with two attached hydrogens (primary N) is 1. The summed E-state index contributed by atoms with van der Waals surface area (Å²) in [5.41, 5.74) is 6.91. The van der Waals surface area contributed by atoms with Crippen molar-refractivity contribution < 1.29 is 4.74 Å². The number of likely N-dealkylation sites (tertiary alicyclic amines) is 1. The summed E-state index contributed by atoms with van der Waals surface area (Å²) in [6.45, 7) is 6.09. The van der Waals surface area contributed by atoms with Gasteiger partial charge in [-0.1, -0.05) is 12.1 Å². The lowest BCUT2D eigenvalue weighted by molar-refractivity contribution is -0.000751. The minimum absolute atomic E-state index is 0.430. The molecule has 2 N–H and O–H groups in total. The molecule has 0 saturated carbocycles. The Balaban J connectivity index is 1.80. The Hall–Kier alpha value is -0.550. The molecule has 1 aromatic carbocycles. The molecule has 0 spiro atoms. The van der Waals surface area contributed by atoms with E-state index in [9.17, 15) is 0 Å². The van der Waals surface area contributed by atoms with Gasteiger partial charge >= 0.3 is 0 Å². The van der Waals surface area contributed by atoms with Gasteiger partial charge in [-0.05, 0) is 56.7 Å². The van der Waals surface area contributed by atoms with Gasteiger partial charge in [0.15, 0.2) is 0 Å². The van der Waals surface area contributed by atoms with E-state index in [2.05, 4.69) is 42.3 Å². The molecular formula is C17H28N2OS. The number of hydrogen-bond acceptors (Lipinski definition) is 4. The normalized spacial score (nSPS) is 18.8. The Morgan fingerprint density at radius 2 is 1.95 bits per heavy atom. The van der Waals surface area contributed by atoms with E-state index in [4.69, 9.17) is 10.5 Å². The molecule has 1 aliphatic heterocycles. The second-order valence-electron chi connectivity index (χ2n) is 5.70. The van der Waals surface area contributed by atoms with Gasteiger partial charge in [0.2, 0.25) is 0 Å². The van der Waals surface area contributed by atoms with Crippen molar-refractivity contribution in [3.05, 3.63) is 29.8 Å². The zero-order valence-electron chi connectivity index (χ0n) is 13.3.